The highest BCUT2D eigenvalue weighted by atomic mass is 32.2. The molecule has 2 N–H and O–H groups in total. The molecule has 1 aliphatic heterocycles. The van der Waals surface area contributed by atoms with Gasteiger partial charge in [-0.3, -0.25) is 9.59 Å². The van der Waals surface area contributed by atoms with Crippen molar-refractivity contribution in [2.24, 2.45) is 0 Å². The maximum Gasteiger partial charge on any atom is 0.253 e. The highest BCUT2D eigenvalue weighted by molar-refractivity contribution is 8.00. The van der Waals surface area contributed by atoms with Crippen molar-refractivity contribution in [2.45, 2.75) is 36.0 Å². The fraction of sp³-hybridized carbons (Fsp3) is 0.364. The van der Waals surface area contributed by atoms with E-state index >= 15 is 0 Å². The van der Waals surface area contributed by atoms with E-state index in [1.165, 1.54) is 11.8 Å². The molecule has 1 fully saturated rings. The SMILES string of the molecule is COc1ccc(S[C@H](C)C(=O)Nc2ccccc2C(=O)NC[C@H]2CCCO2)cc1. The van der Waals surface area contributed by atoms with Crippen molar-refractivity contribution < 1.29 is 19.1 Å². The third-order valence-electron chi connectivity index (χ3n) is 4.69. The lowest BCUT2D eigenvalue weighted by molar-refractivity contribution is -0.115. The minimum atomic E-state index is -0.327. The van der Waals surface area contributed by atoms with Gasteiger partial charge in [0.15, 0.2) is 0 Å². The van der Waals surface area contributed by atoms with Crippen LogP contribution >= 0.6 is 11.8 Å². The van der Waals surface area contributed by atoms with Crippen molar-refractivity contribution in [1.29, 1.82) is 0 Å². The summed E-state index contributed by atoms with van der Waals surface area (Å²) in [4.78, 5) is 26.2. The molecule has 3 rings (SSSR count). The summed E-state index contributed by atoms with van der Waals surface area (Å²) in [5.41, 5.74) is 0.949. The summed E-state index contributed by atoms with van der Waals surface area (Å²) >= 11 is 1.45. The number of anilines is 1. The molecule has 1 heterocycles. The Labute approximate surface area is 175 Å². The van der Waals surface area contributed by atoms with Gasteiger partial charge in [0, 0.05) is 18.0 Å². The van der Waals surface area contributed by atoms with Crippen molar-refractivity contribution in [3.05, 3.63) is 54.1 Å². The Morgan fingerprint density at radius 3 is 2.66 bits per heavy atom. The monoisotopic (exact) mass is 414 g/mol. The first-order valence-corrected chi connectivity index (χ1v) is 10.5. The highest BCUT2D eigenvalue weighted by Gasteiger charge is 2.20. The molecule has 0 unspecified atom stereocenters. The van der Waals surface area contributed by atoms with Crippen LogP contribution in [-0.2, 0) is 9.53 Å². The topological polar surface area (TPSA) is 76.7 Å². The van der Waals surface area contributed by atoms with E-state index in [2.05, 4.69) is 10.6 Å². The Bertz CT molecular complexity index is 835. The minimum Gasteiger partial charge on any atom is -0.497 e. The molecule has 0 radical (unpaired) electrons. The van der Waals surface area contributed by atoms with Crippen LogP contribution in [0, 0.1) is 0 Å². The molecule has 29 heavy (non-hydrogen) atoms. The average molecular weight is 415 g/mol. The van der Waals surface area contributed by atoms with Crippen LogP contribution in [-0.4, -0.2) is 43.4 Å². The zero-order chi connectivity index (χ0) is 20.6. The van der Waals surface area contributed by atoms with Crippen LogP contribution in [0.15, 0.2) is 53.4 Å². The predicted octanol–water partition coefficient (Wildman–Crippen LogP) is 3.72. The fourth-order valence-electron chi connectivity index (χ4n) is 3.04. The number of rotatable bonds is 8. The van der Waals surface area contributed by atoms with Crippen LogP contribution in [0.4, 0.5) is 5.69 Å². The predicted molar refractivity (Wildman–Crippen MR) is 115 cm³/mol. The molecule has 2 atom stereocenters. The normalized spacial score (nSPS) is 16.8. The summed E-state index contributed by atoms with van der Waals surface area (Å²) < 4.78 is 10.7. The second-order valence-electron chi connectivity index (χ2n) is 6.82. The first-order valence-electron chi connectivity index (χ1n) is 9.67. The zero-order valence-corrected chi connectivity index (χ0v) is 17.5. The summed E-state index contributed by atoms with van der Waals surface area (Å²) in [6, 6.07) is 14.6. The van der Waals surface area contributed by atoms with E-state index in [9.17, 15) is 9.59 Å². The fourth-order valence-corrected chi connectivity index (χ4v) is 3.91. The Morgan fingerprint density at radius 2 is 1.97 bits per heavy atom. The third-order valence-corrected chi connectivity index (χ3v) is 5.80. The molecule has 2 aromatic rings. The van der Waals surface area contributed by atoms with Crippen molar-refractivity contribution in [3.8, 4) is 5.75 Å². The standard InChI is InChI=1S/C22H26N2O4S/c1-15(29-18-11-9-16(27-2)10-12-18)21(25)24-20-8-4-3-7-19(20)22(26)23-14-17-6-5-13-28-17/h3-4,7-12,15,17H,5-6,13-14H2,1-2H3,(H,23,26)(H,24,25)/t15-,17-/m1/s1. The second kappa shape index (κ2) is 10.3. The molecule has 1 aliphatic rings. The molecule has 0 saturated carbocycles. The Balaban J connectivity index is 1.59. The van der Waals surface area contributed by atoms with Gasteiger partial charge in [-0.05, 0) is 56.2 Å². The Morgan fingerprint density at radius 1 is 1.21 bits per heavy atom. The van der Waals surface area contributed by atoms with Gasteiger partial charge in [0.1, 0.15) is 5.75 Å². The molecule has 0 bridgehead atoms. The molecule has 2 aromatic carbocycles. The maximum atomic E-state index is 12.7. The van der Waals surface area contributed by atoms with Crippen LogP contribution in [0.1, 0.15) is 30.1 Å². The second-order valence-corrected chi connectivity index (χ2v) is 8.23. The highest BCUT2D eigenvalue weighted by Crippen LogP contribution is 2.26. The van der Waals surface area contributed by atoms with E-state index in [0.29, 0.717) is 17.8 Å². The number of methoxy groups -OCH3 is 1. The zero-order valence-electron chi connectivity index (χ0n) is 16.6. The summed E-state index contributed by atoms with van der Waals surface area (Å²) in [6.07, 6.45) is 2.05. The molecule has 0 aliphatic carbocycles. The Kier molecular flexibility index (Phi) is 7.55. The number of nitrogens with one attached hydrogen (secondary N) is 2. The molecule has 154 valence electrons. The lowest BCUT2D eigenvalue weighted by Crippen LogP contribution is -2.32. The van der Waals surface area contributed by atoms with Crippen LogP contribution < -0.4 is 15.4 Å². The largest absolute Gasteiger partial charge is 0.497 e. The van der Waals surface area contributed by atoms with Crippen LogP contribution in [0.25, 0.3) is 0 Å². The van der Waals surface area contributed by atoms with E-state index in [4.69, 9.17) is 9.47 Å². The number of carbonyl (C=O) groups is 2. The molecule has 0 spiro atoms. The van der Waals surface area contributed by atoms with Gasteiger partial charge in [0.05, 0.1) is 29.7 Å². The number of para-hydroxylation sites is 1. The summed E-state index contributed by atoms with van der Waals surface area (Å²) in [5, 5.41) is 5.46. The number of ether oxygens (including phenoxy) is 2. The van der Waals surface area contributed by atoms with E-state index in [1.54, 1.807) is 31.4 Å². The molecular weight excluding hydrogens is 388 g/mol. The van der Waals surface area contributed by atoms with Crippen LogP contribution in [0.2, 0.25) is 0 Å². The number of thioether (sulfide) groups is 1. The number of carbonyl (C=O) groups excluding carboxylic acids is 2. The molecule has 0 aromatic heterocycles. The quantitative estimate of drug-likeness (QED) is 0.644. The van der Waals surface area contributed by atoms with Gasteiger partial charge in [0.25, 0.3) is 5.91 Å². The summed E-state index contributed by atoms with van der Waals surface area (Å²) in [5.74, 6) is 0.395. The first kappa shape index (κ1) is 21.2. The number of hydrogen-bond acceptors (Lipinski definition) is 5. The van der Waals surface area contributed by atoms with Crippen molar-refractivity contribution in [3.63, 3.8) is 0 Å². The molecule has 7 heteroatoms. The van der Waals surface area contributed by atoms with E-state index in [-0.39, 0.29) is 23.2 Å². The summed E-state index contributed by atoms with van der Waals surface area (Å²) in [6.45, 7) is 3.06. The van der Waals surface area contributed by atoms with Gasteiger partial charge in [0.2, 0.25) is 5.91 Å². The third kappa shape index (κ3) is 5.98. The lowest BCUT2D eigenvalue weighted by atomic mass is 10.1. The van der Waals surface area contributed by atoms with Crippen molar-refractivity contribution >= 4 is 29.3 Å². The van der Waals surface area contributed by atoms with E-state index in [1.807, 2.05) is 31.2 Å². The first-order chi connectivity index (χ1) is 14.1. The van der Waals surface area contributed by atoms with Crippen LogP contribution in [0.5, 0.6) is 5.75 Å². The molecule has 2 amide bonds. The molecule has 6 nitrogen and oxygen atoms in total. The minimum absolute atomic E-state index is 0.0709. The van der Waals surface area contributed by atoms with Gasteiger partial charge in [-0.2, -0.15) is 0 Å². The van der Waals surface area contributed by atoms with Crippen molar-refractivity contribution in [1.82, 2.24) is 5.32 Å². The number of benzene rings is 2. The van der Waals surface area contributed by atoms with Gasteiger partial charge in [-0.25, -0.2) is 0 Å². The Hall–Kier alpha value is -2.51. The van der Waals surface area contributed by atoms with E-state index < -0.39 is 0 Å². The summed E-state index contributed by atoms with van der Waals surface area (Å²) in [7, 11) is 1.62. The molecular formula is C22H26N2O4S. The van der Waals surface area contributed by atoms with E-state index in [0.717, 1.165) is 30.1 Å². The van der Waals surface area contributed by atoms with Gasteiger partial charge >= 0.3 is 0 Å². The smallest absolute Gasteiger partial charge is 0.253 e. The van der Waals surface area contributed by atoms with Gasteiger partial charge in [-0.1, -0.05) is 12.1 Å². The van der Waals surface area contributed by atoms with Gasteiger partial charge in [-0.15, -0.1) is 11.8 Å². The number of amides is 2. The lowest BCUT2D eigenvalue weighted by Gasteiger charge is -2.16. The van der Waals surface area contributed by atoms with Gasteiger partial charge < -0.3 is 20.1 Å². The molecule has 1 saturated heterocycles. The average Bonchev–Trinajstić information content (AvgIpc) is 3.26. The van der Waals surface area contributed by atoms with Crippen molar-refractivity contribution in [2.75, 3.05) is 25.6 Å². The maximum absolute atomic E-state index is 12.7. The number of hydrogen-bond donors (Lipinski definition) is 2. The van der Waals surface area contributed by atoms with Crippen LogP contribution in [0.3, 0.4) is 0 Å².